The monoisotopic (exact) mass is 186 g/mol. The Morgan fingerprint density at radius 3 is 3.07 bits per heavy atom. The number of methoxy groups -OCH3 is 1. The summed E-state index contributed by atoms with van der Waals surface area (Å²) in [4.78, 5) is 6.50. The van der Waals surface area contributed by atoms with Crippen LogP contribution in [0.4, 0.5) is 0 Å². The maximum Gasteiger partial charge on any atom is 0.241 e. The van der Waals surface area contributed by atoms with Crippen LogP contribution in [0.5, 0.6) is 5.75 Å². The fraction of sp³-hybridized carbons (Fsp3) is 0.182. The quantitative estimate of drug-likeness (QED) is 0.718. The van der Waals surface area contributed by atoms with Crippen molar-refractivity contribution in [2.24, 2.45) is 0 Å². The maximum atomic E-state index is 6.85. The van der Waals surface area contributed by atoms with Crippen LogP contribution in [-0.4, -0.2) is 12.1 Å². The van der Waals surface area contributed by atoms with E-state index < -0.39 is 0 Å². The molecule has 1 heterocycles. The largest absolute Gasteiger partial charge is 0.496 e. The molecule has 1 N–H and O–H groups in total. The van der Waals surface area contributed by atoms with Gasteiger partial charge in [-0.05, 0) is 12.1 Å². The van der Waals surface area contributed by atoms with Crippen molar-refractivity contribution in [2.75, 3.05) is 7.11 Å². The Balaban J connectivity index is 2.69. The van der Waals surface area contributed by atoms with Crippen molar-refractivity contribution in [1.82, 2.24) is 4.98 Å². The molecule has 2 rings (SSSR count). The molecule has 0 bridgehead atoms. The highest BCUT2D eigenvalue weighted by Crippen LogP contribution is 2.28. The van der Waals surface area contributed by atoms with Crippen LogP contribution in [-0.2, 0) is 6.54 Å². The van der Waals surface area contributed by atoms with Gasteiger partial charge < -0.3 is 14.6 Å². The van der Waals surface area contributed by atoms with Crippen LogP contribution < -0.4 is 4.74 Å². The molecule has 0 fully saturated rings. The maximum absolute atomic E-state index is 6.85. The predicted molar refractivity (Wildman–Crippen MR) is 55.2 cm³/mol. The van der Waals surface area contributed by atoms with Gasteiger partial charge in [-0.25, -0.2) is 6.57 Å². The molecule has 70 valence electrons. The molecule has 0 amide bonds. The second-order valence-corrected chi connectivity index (χ2v) is 3.01. The van der Waals surface area contributed by atoms with Gasteiger partial charge in [0.15, 0.2) is 0 Å². The average Bonchev–Trinajstić information content (AvgIpc) is 2.62. The molecule has 1 aromatic carbocycles. The van der Waals surface area contributed by atoms with E-state index >= 15 is 0 Å². The Bertz CT molecular complexity index is 493. The highest BCUT2D eigenvalue weighted by atomic mass is 16.5. The molecular formula is C11H10N2O. The molecule has 14 heavy (non-hydrogen) atoms. The van der Waals surface area contributed by atoms with Crippen molar-refractivity contribution in [3.05, 3.63) is 41.4 Å². The molecule has 0 aliphatic heterocycles. The molecule has 3 heteroatoms. The summed E-state index contributed by atoms with van der Waals surface area (Å²) in [6.07, 6.45) is 1.87. The van der Waals surface area contributed by atoms with E-state index in [1.165, 1.54) is 0 Å². The third-order valence-electron chi connectivity index (χ3n) is 2.22. The van der Waals surface area contributed by atoms with Crippen LogP contribution >= 0.6 is 0 Å². The molecule has 0 atom stereocenters. The standard InChI is InChI=1S/C11H10N2O/c1-12-6-8-7-13-9-4-3-5-10(14-2)11(8)9/h3-5,7,13H,6H2,2H3. The second-order valence-electron chi connectivity index (χ2n) is 3.01. The van der Waals surface area contributed by atoms with Crippen molar-refractivity contribution in [2.45, 2.75) is 6.54 Å². The zero-order chi connectivity index (χ0) is 9.97. The molecule has 0 saturated carbocycles. The first kappa shape index (κ1) is 8.64. The highest BCUT2D eigenvalue weighted by molar-refractivity contribution is 5.89. The van der Waals surface area contributed by atoms with Gasteiger partial charge in [-0.2, -0.15) is 0 Å². The lowest BCUT2D eigenvalue weighted by atomic mass is 10.1. The molecular weight excluding hydrogens is 176 g/mol. The van der Waals surface area contributed by atoms with Gasteiger partial charge in [0.2, 0.25) is 6.54 Å². The van der Waals surface area contributed by atoms with E-state index in [1.54, 1.807) is 7.11 Å². The SMILES string of the molecule is [C-]#[N+]Cc1c[nH]c2cccc(OC)c12. The molecule has 0 spiro atoms. The van der Waals surface area contributed by atoms with Crippen molar-refractivity contribution >= 4 is 10.9 Å². The van der Waals surface area contributed by atoms with Gasteiger partial charge >= 0.3 is 0 Å². The summed E-state index contributed by atoms with van der Waals surface area (Å²) >= 11 is 0. The molecule has 2 aromatic rings. The van der Waals surface area contributed by atoms with E-state index in [4.69, 9.17) is 11.3 Å². The summed E-state index contributed by atoms with van der Waals surface area (Å²) in [6.45, 7) is 7.24. The predicted octanol–water partition coefficient (Wildman–Crippen LogP) is 2.60. The van der Waals surface area contributed by atoms with Crippen molar-refractivity contribution < 1.29 is 4.74 Å². The molecule has 0 aliphatic carbocycles. The molecule has 0 radical (unpaired) electrons. The average molecular weight is 186 g/mol. The summed E-state index contributed by atoms with van der Waals surface area (Å²) in [6, 6.07) is 5.81. The van der Waals surface area contributed by atoms with Gasteiger partial charge in [0.25, 0.3) is 0 Å². The number of nitrogens with zero attached hydrogens (tertiary/aromatic N) is 1. The molecule has 3 nitrogen and oxygen atoms in total. The number of hydrogen-bond acceptors (Lipinski definition) is 1. The second kappa shape index (κ2) is 3.43. The molecule has 1 aromatic heterocycles. The lowest BCUT2D eigenvalue weighted by molar-refractivity contribution is 0.419. The zero-order valence-electron chi connectivity index (χ0n) is 7.87. The van der Waals surface area contributed by atoms with E-state index in [0.29, 0.717) is 6.54 Å². The van der Waals surface area contributed by atoms with Gasteiger partial charge in [0.1, 0.15) is 5.75 Å². The van der Waals surface area contributed by atoms with Gasteiger partial charge in [0, 0.05) is 11.7 Å². The smallest absolute Gasteiger partial charge is 0.241 e. The minimum Gasteiger partial charge on any atom is -0.496 e. The third-order valence-corrected chi connectivity index (χ3v) is 2.22. The fourth-order valence-corrected chi connectivity index (χ4v) is 1.60. The number of aromatic nitrogens is 1. The minimum atomic E-state index is 0.389. The molecule has 0 aliphatic rings. The van der Waals surface area contributed by atoms with E-state index in [2.05, 4.69) is 9.83 Å². The third kappa shape index (κ3) is 1.21. The van der Waals surface area contributed by atoms with E-state index in [1.807, 2.05) is 24.4 Å². The van der Waals surface area contributed by atoms with Crippen LogP contribution in [0.25, 0.3) is 15.7 Å². The van der Waals surface area contributed by atoms with Gasteiger partial charge in [-0.3, -0.25) is 0 Å². The van der Waals surface area contributed by atoms with Crippen LogP contribution in [0.2, 0.25) is 0 Å². The first-order valence-corrected chi connectivity index (χ1v) is 4.33. The van der Waals surface area contributed by atoms with E-state index in [9.17, 15) is 0 Å². The van der Waals surface area contributed by atoms with E-state index in [0.717, 1.165) is 22.2 Å². The summed E-state index contributed by atoms with van der Waals surface area (Å²) in [7, 11) is 1.64. The number of rotatable bonds is 2. The molecule has 0 unspecified atom stereocenters. The number of aromatic amines is 1. The summed E-state index contributed by atoms with van der Waals surface area (Å²) in [5, 5.41) is 1.02. The highest BCUT2D eigenvalue weighted by Gasteiger charge is 2.09. The Morgan fingerprint density at radius 1 is 1.50 bits per heavy atom. The summed E-state index contributed by atoms with van der Waals surface area (Å²) in [5.41, 5.74) is 2.01. The lowest BCUT2D eigenvalue weighted by Crippen LogP contribution is -1.85. The number of benzene rings is 1. The number of fused-ring (bicyclic) bond motifs is 1. The number of nitrogens with one attached hydrogen (secondary N) is 1. The van der Waals surface area contributed by atoms with Crippen LogP contribution in [0.1, 0.15) is 5.56 Å². The number of ether oxygens (including phenoxy) is 1. The van der Waals surface area contributed by atoms with Gasteiger partial charge in [-0.1, -0.05) is 6.07 Å². The van der Waals surface area contributed by atoms with E-state index in [-0.39, 0.29) is 0 Å². The van der Waals surface area contributed by atoms with Crippen molar-refractivity contribution in [3.63, 3.8) is 0 Å². The first-order chi connectivity index (χ1) is 6.86. The Labute approximate surface area is 82.1 Å². The van der Waals surface area contributed by atoms with Crippen molar-refractivity contribution in [1.29, 1.82) is 0 Å². The minimum absolute atomic E-state index is 0.389. The summed E-state index contributed by atoms with van der Waals surface area (Å²) in [5.74, 6) is 0.822. The normalized spacial score (nSPS) is 10.0. The number of hydrogen-bond donors (Lipinski definition) is 1. The lowest BCUT2D eigenvalue weighted by Gasteiger charge is -2.01. The van der Waals surface area contributed by atoms with Gasteiger partial charge in [0.05, 0.1) is 18.1 Å². The fourth-order valence-electron chi connectivity index (χ4n) is 1.60. The summed E-state index contributed by atoms with van der Waals surface area (Å²) < 4.78 is 5.25. The Morgan fingerprint density at radius 2 is 2.36 bits per heavy atom. The Kier molecular flexibility index (Phi) is 2.11. The van der Waals surface area contributed by atoms with Gasteiger partial charge in [-0.15, -0.1) is 0 Å². The van der Waals surface area contributed by atoms with Crippen LogP contribution in [0.15, 0.2) is 24.4 Å². The first-order valence-electron chi connectivity index (χ1n) is 4.33. The number of H-pyrrole nitrogens is 1. The molecule has 0 saturated heterocycles. The topological polar surface area (TPSA) is 29.4 Å². The van der Waals surface area contributed by atoms with Crippen molar-refractivity contribution in [3.8, 4) is 5.75 Å². The Hall–Kier alpha value is -1.95. The van der Waals surface area contributed by atoms with Crippen LogP contribution in [0.3, 0.4) is 0 Å². The zero-order valence-corrected chi connectivity index (χ0v) is 7.87. The van der Waals surface area contributed by atoms with Crippen LogP contribution in [0, 0.1) is 6.57 Å².